The smallest absolute Gasteiger partial charge is 0.129 e. The van der Waals surface area contributed by atoms with Crippen LogP contribution in [0.25, 0.3) is 0 Å². The predicted octanol–water partition coefficient (Wildman–Crippen LogP) is 3.30. The highest BCUT2D eigenvalue weighted by Crippen LogP contribution is 2.26. The van der Waals surface area contributed by atoms with E-state index >= 15 is 0 Å². The molecule has 2 heterocycles. The van der Waals surface area contributed by atoms with Crippen LogP contribution in [0, 0.1) is 6.92 Å². The second kappa shape index (κ2) is 6.03. The molecule has 1 unspecified atom stereocenters. The van der Waals surface area contributed by atoms with Crippen LogP contribution in [0.3, 0.4) is 0 Å². The van der Waals surface area contributed by atoms with E-state index < -0.39 is 6.10 Å². The lowest BCUT2D eigenvalue weighted by atomic mass is 10.1. The van der Waals surface area contributed by atoms with E-state index in [9.17, 15) is 5.11 Å². The summed E-state index contributed by atoms with van der Waals surface area (Å²) in [5.74, 6) is 0. The Balaban J connectivity index is 2.23. The highest BCUT2D eigenvalue weighted by Gasteiger charge is 2.17. The molecule has 4 nitrogen and oxygen atoms in total. The Morgan fingerprint density at radius 2 is 2.21 bits per heavy atom. The van der Waals surface area contributed by atoms with Gasteiger partial charge < -0.3 is 5.11 Å². The molecule has 2 rings (SSSR count). The fourth-order valence-corrected chi connectivity index (χ4v) is 2.51. The topological polar surface area (TPSA) is 50.9 Å². The molecule has 0 saturated carbocycles. The molecule has 19 heavy (non-hydrogen) atoms. The minimum atomic E-state index is -0.623. The van der Waals surface area contributed by atoms with Crippen molar-refractivity contribution in [3.8, 4) is 0 Å². The number of rotatable bonds is 4. The Bertz CT molecular complexity index is 568. The summed E-state index contributed by atoms with van der Waals surface area (Å²) in [6.45, 7) is 4.74. The van der Waals surface area contributed by atoms with Crippen LogP contribution < -0.4 is 0 Å². The van der Waals surface area contributed by atoms with Crippen LogP contribution in [-0.2, 0) is 13.0 Å². The average molecular weight is 345 g/mol. The molecule has 0 aliphatic heterocycles. The van der Waals surface area contributed by atoms with Gasteiger partial charge in [-0.15, -0.1) is 0 Å². The number of aryl methyl sites for hydroxylation is 2. The number of aromatic nitrogens is 3. The third kappa shape index (κ3) is 3.16. The van der Waals surface area contributed by atoms with Gasteiger partial charge >= 0.3 is 0 Å². The maximum Gasteiger partial charge on any atom is 0.129 e. The van der Waals surface area contributed by atoms with Crippen molar-refractivity contribution in [2.75, 3.05) is 0 Å². The normalized spacial score (nSPS) is 12.7. The van der Waals surface area contributed by atoms with Crippen LogP contribution in [0.5, 0.6) is 0 Å². The molecule has 2 aromatic heterocycles. The van der Waals surface area contributed by atoms with Crippen molar-refractivity contribution < 1.29 is 5.11 Å². The van der Waals surface area contributed by atoms with Crippen molar-refractivity contribution in [2.45, 2.75) is 32.9 Å². The molecule has 1 atom stereocenters. The van der Waals surface area contributed by atoms with Gasteiger partial charge in [0.15, 0.2) is 0 Å². The number of aliphatic hydroxyl groups is 1. The van der Waals surface area contributed by atoms with Gasteiger partial charge in [0, 0.05) is 19.2 Å². The molecule has 0 bridgehead atoms. The highest BCUT2D eigenvalue weighted by molar-refractivity contribution is 9.10. The Morgan fingerprint density at radius 3 is 2.79 bits per heavy atom. The van der Waals surface area contributed by atoms with E-state index in [-0.39, 0.29) is 0 Å². The minimum Gasteiger partial charge on any atom is -0.388 e. The van der Waals surface area contributed by atoms with E-state index in [1.165, 1.54) is 0 Å². The maximum atomic E-state index is 10.3. The molecule has 0 amide bonds. The number of nitrogens with zero attached hydrogens (tertiary/aromatic N) is 3. The fraction of sp³-hybridized carbons (Fsp3) is 0.385. The molecule has 0 aliphatic carbocycles. The van der Waals surface area contributed by atoms with Gasteiger partial charge in [-0.2, -0.15) is 5.10 Å². The van der Waals surface area contributed by atoms with Crippen LogP contribution >= 0.6 is 27.5 Å². The lowest BCUT2D eigenvalue weighted by molar-refractivity contribution is 0.175. The van der Waals surface area contributed by atoms with E-state index in [0.29, 0.717) is 11.6 Å². The van der Waals surface area contributed by atoms with Gasteiger partial charge in [0.1, 0.15) is 5.15 Å². The van der Waals surface area contributed by atoms with Gasteiger partial charge in [-0.3, -0.25) is 4.68 Å². The van der Waals surface area contributed by atoms with E-state index in [2.05, 4.69) is 26.0 Å². The zero-order valence-corrected chi connectivity index (χ0v) is 13.1. The third-order valence-corrected chi connectivity index (χ3v) is 4.23. The molecule has 0 spiro atoms. The Kier molecular flexibility index (Phi) is 4.60. The highest BCUT2D eigenvalue weighted by atomic mass is 79.9. The number of hydrogen-bond donors (Lipinski definition) is 1. The molecule has 2 aromatic rings. The molecule has 1 N–H and O–H groups in total. The van der Waals surface area contributed by atoms with Crippen LogP contribution in [-0.4, -0.2) is 19.9 Å². The van der Waals surface area contributed by atoms with Gasteiger partial charge in [0.25, 0.3) is 0 Å². The largest absolute Gasteiger partial charge is 0.388 e. The van der Waals surface area contributed by atoms with Crippen molar-refractivity contribution in [3.63, 3.8) is 0 Å². The summed E-state index contributed by atoms with van der Waals surface area (Å²) in [6.07, 6.45) is 1.46. The molecule has 6 heteroatoms. The molecular weight excluding hydrogens is 330 g/mol. The van der Waals surface area contributed by atoms with E-state index in [1.807, 2.05) is 18.5 Å². The summed E-state index contributed by atoms with van der Waals surface area (Å²) >= 11 is 9.26. The second-order valence-electron chi connectivity index (χ2n) is 4.30. The van der Waals surface area contributed by atoms with Crippen LogP contribution in [0.1, 0.15) is 30.0 Å². The van der Waals surface area contributed by atoms with Crippen molar-refractivity contribution >= 4 is 27.5 Å². The van der Waals surface area contributed by atoms with Gasteiger partial charge in [-0.25, -0.2) is 4.98 Å². The molecule has 102 valence electrons. The first-order valence-corrected chi connectivity index (χ1v) is 7.21. The van der Waals surface area contributed by atoms with Gasteiger partial charge in [-0.05, 0) is 41.4 Å². The lowest BCUT2D eigenvalue weighted by Crippen LogP contribution is -2.09. The summed E-state index contributed by atoms with van der Waals surface area (Å²) in [6, 6.07) is 3.46. The second-order valence-corrected chi connectivity index (χ2v) is 5.48. The Labute approximate surface area is 125 Å². The lowest BCUT2D eigenvalue weighted by Gasteiger charge is -2.12. The molecular formula is C13H15BrClN3O. The van der Waals surface area contributed by atoms with Crippen molar-refractivity contribution in [3.05, 3.63) is 44.9 Å². The van der Waals surface area contributed by atoms with Gasteiger partial charge in [0.05, 0.1) is 22.0 Å². The fourth-order valence-electron chi connectivity index (χ4n) is 1.95. The molecule has 0 saturated heterocycles. The molecule has 0 aliphatic rings. The number of halogens is 2. The SMILES string of the molecule is CCn1nc(C)c(Br)c1CC(O)c1ccc(Cl)nc1. The zero-order chi connectivity index (χ0) is 14.0. The van der Waals surface area contributed by atoms with Gasteiger partial charge in [-0.1, -0.05) is 17.7 Å². The van der Waals surface area contributed by atoms with Gasteiger partial charge in [0.2, 0.25) is 0 Å². The predicted molar refractivity (Wildman–Crippen MR) is 78.2 cm³/mol. The maximum absolute atomic E-state index is 10.3. The third-order valence-electron chi connectivity index (χ3n) is 2.97. The van der Waals surface area contributed by atoms with E-state index in [1.54, 1.807) is 18.3 Å². The number of aliphatic hydroxyl groups excluding tert-OH is 1. The Hall–Kier alpha value is -0.910. The molecule has 0 fully saturated rings. The zero-order valence-electron chi connectivity index (χ0n) is 10.8. The van der Waals surface area contributed by atoms with Crippen molar-refractivity contribution in [1.82, 2.24) is 14.8 Å². The first-order chi connectivity index (χ1) is 9.02. The first-order valence-electron chi connectivity index (χ1n) is 6.04. The first kappa shape index (κ1) is 14.5. The summed E-state index contributed by atoms with van der Waals surface area (Å²) in [5.41, 5.74) is 2.67. The summed E-state index contributed by atoms with van der Waals surface area (Å²) in [5, 5.41) is 15.1. The van der Waals surface area contributed by atoms with E-state index in [0.717, 1.165) is 28.0 Å². The van der Waals surface area contributed by atoms with Crippen molar-refractivity contribution in [2.24, 2.45) is 0 Å². The number of hydrogen-bond acceptors (Lipinski definition) is 3. The number of pyridine rings is 1. The van der Waals surface area contributed by atoms with Crippen LogP contribution in [0.15, 0.2) is 22.8 Å². The van der Waals surface area contributed by atoms with Crippen LogP contribution in [0.2, 0.25) is 5.15 Å². The average Bonchev–Trinajstić information content (AvgIpc) is 2.67. The minimum absolute atomic E-state index is 0.423. The summed E-state index contributed by atoms with van der Waals surface area (Å²) in [7, 11) is 0. The summed E-state index contributed by atoms with van der Waals surface area (Å²) in [4.78, 5) is 3.98. The monoisotopic (exact) mass is 343 g/mol. The van der Waals surface area contributed by atoms with Crippen molar-refractivity contribution in [1.29, 1.82) is 0 Å². The van der Waals surface area contributed by atoms with E-state index in [4.69, 9.17) is 11.6 Å². The quantitative estimate of drug-likeness (QED) is 0.866. The standard InChI is InChI=1S/C13H15BrClN3O/c1-3-18-10(13(14)8(2)17-18)6-11(19)9-4-5-12(15)16-7-9/h4-5,7,11,19H,3,6H2,1-2H3. The molecule has 0 radical (unpaired) electrons. The molecule has 0 aromatic carbocycles. The Morgan fingerprint density at radius 1 is 1.47 bits per heavy atom. The summed E-state index contributed by atoms with van der Waals surface area (Å²) < 4.78 is 2.85. The van der Waals surface area contributed by atoms with Crippen LogP contribution in [0.4, 0.5) is 0 Å².